The lowest BCUT2D eigenvalue weighted by Crippen LogP contribution is -2.07. The molecule has 0 saturated heterocycles. The number of hydrogen-bond acceptors (Lipinski definition) is 2. The Morgan fingerprint density at radius 2 is 2.23 bits per heavy atom. The second-order valence-corrected chi connectivity index (χ2v) is 3.42. The SMILES string of the molecule is CC(C)n1cccc(C(=O)O)c1=S. The average molecular weight is 197 g/mol. The summed E-state index contributed by atoms with van der Waals surface area (Å²) in [5, 5.41) is 8.79. The number of rotatable bonds is 2. The van der Waals surface area contributed by atoms with Crippen LogP contribution in [0.1, 0.15) is 30.2 Å². The van der Waals surface area contributed by atoms with E-state index >= 15 is 0 Å². The number of carboxylic acids is 1. The van der Waals surface area contributed by atoms with E-state index in [1.807, 2.05) is 13.8 Å². The molecule has 0 aliphatic heterocycles. The molecule has 0 saturated carbocycles. The van der Waals surface area contributed by atoms with E-state index in [2.05, 4.69) is 0 Å². The predicted molar refractivity (Wildman–Crippen MR) is 52.6 cm³/mol. The first-order valence-electron chi connectivity index (χ1n) is 3.98. The van der Waals surface area contributed by atoms with Crippen molar-refractivity contribution < 1.29 is 9.90 Å². The summed E-state index contributed by atoms with van der Waals surface area (Å²) < 4.78 is 2.14. The largest absolute Gasteiger partial charge is 0.478 e. The van der Waals surface area contributed by atoms with E-state index in [1.54, 1.807) is 16.8 Å². The van der Waals surface area contributed by atoms with Crippen LogP contribution in [0.5, 0.6) is 0 Å². The predicted octanol–water partition coefficient (Wildman–Crippen LogP) is 2.50. The van der Waals surface area contributed by atoms with Gasteiger partial charge in [-0.15, -0.1) is 0 Å². The van der Waals surface area contributed by atoms with Gasteiger partial charge in [-0.25, -0.2) is 4.79 Å². The molecule has 1 rings (SSSR count). The fourth-order valence-electron chi connectivity index (χ4n) is 1.08. The molecule has 70 valence electrons. The highest BCUT2D eigenvalue weighted by molar-refractivity contribution is 7.71. The Balaban J connectivity index is 3.36. The molecule has 1 aromatic rings. The van der Waals surface area contributed by atoms with Crippen LogP contribution in [-0.4, -0.2) is 15.6 Å². The topological polar surface area (TPSA) is 42.2 Å². The lowest BCUT2D eigenvalue weighted by Gasteiger charge is -2.11. The van der Waals surface area contributed by atoms with Crippen LogP contribution < -0.4 is 0 Å². The third kappa shape index (κ3) is 1.95. The molecule has 1 heterocycles. The minimum Gasteiger partial charge on any atom is -0.478 e. The van der Waals surface area contributed by atoms with Crippen molar-refractivity contribution in [1.29, 1.82) is 0 Å². The maximum Gasteiger partial charge on any atom is 0.338 e. The monoisotopic (exact) mass is 197 g/mol. The summed E-state index contributed by atoms with van der Waals surface area (Å²) in [6.45, 7) is 3.92. The van der Waals surface area contributed by atoms with Gasteiger partial charge in [0.15, 0.2) is 0 Å². The van der Waals surface area contributed by atoms with Crippen molar-refractivity contribution in [3.8, 4) is 0 Å². The van der Waals surface area contributed by atoms with Crippen LogP contribution in [0.2, 0.25) is 0 Å². The molecule has 0 unspecified atom stereocenters. The summed E-state index contributed by atoms with van der Waals surface area (Å²) in [6, 6.07) is 3.40. The van der Waals surface area contributed by atoms with Crippen LogP contribution in [0.25, 0.3) is 0 Å². The third-order valence-corrected chi connectivity index (χ3v) is 2.19. The van der Waals surface area contributed by atoms with E-state index in [0.717, 1.165) is 0 Å². The van der Waals surface area contributed by atoms with Gasteiger partial charge < -0.3 is 9.67 Å². The van der Waals surface area contributed by atoms with E-state index in [9.17, 15) is 4.79 Å². The molecule has 4 heteroatoms. The van der Waals surface area contributed by atoms with Crippen LogP contribution in [0.15, 0.2) is 18.3 Å². The first kappa shape index (κ1) is 9.92. The molecule has 0 spiro atoms. The number of hydrogen-bond donors (Lipinski definition) is 1. The fourth-order valence-corrected chi connectivity index (χ4v) is 1.51. The van der Waals surface area contributed by atoms with E-state index < -0.39 is 5.97 Å². The molecular formula is C9H11NO2S. The molecule has 0 atom stereocenters. The zero-order valence-corrected chi connectivity index (χ0v) is 8.34. The zero-order chi connectivity index (χ0) is 10.0. The fraction of sp³-hybridized carbons (Fsp3) is 0.333. The highest BCUT2D eigenvalue weighted by Crippen LogP contribution is 2.09. The standard InChI is InChI=1S/C9H11NO2S/c1-6(2)10-5-3-4-7(8(10)13)9(11)12/h3-6H,1-2H3,(H,11,12). The van der Waals surface area contributed by atoms with Crippen LogP contribution in [-0.2, 0) is 0 Å². The summed E-state index contributed by atoms with van der Waals surface area (Å²) in [4.78, 5) is 10.7. The van der Waals surface area contributed by atoms with Gasteiger partial charge in [0.1, 0.15) is 4.64 Å². The Kier molecular flexibility index (Phi) is 2.83. The van der Waals surface area contributed by atoms with Crippen molar-refractivity contribution in [3.05, 3.63) is 28.5 Å². The van der Waals surface area contributed by atoms with Crippen LogP contribution in [0.3, 0.4) is 0 Å². The van der Waals surface area contributed by atoms with Crippen LogP contribution in [0.4, 0.5) is 0 Å². The first-order valence-corrected chi connectivity index (χ1v) is 4.39. The second kappa shape index (κ2) is 3.70. The van der Waals surface area contributed by atoms with Gasteiger partial charge in [0.05, 0.1) is 5.56 Å². The van der Waals surface area contributed by atoms with Gasteiger partial charge in [0.25, 0.3) is 0 Å². The molecule has 0 aliphatic carbocycles. The highest BCUT2D eigenvalue weighted by atomic mass is 32.1. The van der Waals surface area contributed by atoms with Crippen molar-refractivity contribution in [3.63, 3.8) is 0 Å². The van der Waals surface area contributed by atoms with E-state index in [0.29, 0.717) is 4.64 Å². The quantitative estimate of drug-likeness (QED) is 0.741. The number of aromatic nitrogens is 1. The zero-order valence-electron chi connectivity index (χ0n) is 7.52. The van der Waals surface area contributed by atoms with E-state index in [4.69, 9.17) is 17.3 Å². The Bertz CT molecular complexity index is 381. The number of nitrogens with zero attached hydrogens (tertiary/aromatic N) is 1. The summed E-state index contributed by atoms with van der Waals surface area (Å²) >= 11 is 5.03. The molecule has 0 bridgehead atoms. The van der Waals surface area contributed by atoms with Gasteiger partial charge in [-0.2, -0.15) is 0 Å². The Morgan fingerprint density at radius 3 is 2.69 bits per heavy atom. The minimum atomic E-state index is -0.972. The molecule has 1 aromatic heterocycles. The van der Waals surface area contributed by atoms with Gasteiger partial charge in [-0.1, -0.05) is 12.2 Å². The molecule has 0 aliphatic rings. The minimum absolute atomic E-state index is 0.186. The third-order valence-electron chi connectivity index (χ3n) is 1.76. The Hall–Kier alpha value is -1.16. The van der Waals surface area contributed by atoms with Crippen LogP contribution >= 0.6 is 12.2 Å². The Morgan fingerprint density at radius 1 is 1.62 bits per heavy atom. The van der Waals surface area contributed by atoms with Crippen molar-refractivity contribution in [1.82, 2.24) is 4.57 Å². The summed E-state index contributed by atoms with van der Waals surface area (Å²) in [5.41, 5.74) is 0.186. The molecule has 1 N–H and O–H groups in total. The van der Waals surface area contributed by atoms with E-state index in [1.165, 1.54) is 6.07 Å². The summed E-state index contributed by atoms with van der Waals surface area (Å²) in [5.74, 6) is -0.972. The van der Waals surface area contributed by atoms with Gasteiger partial charge in [0, 0.05) is 12.2 Å². The number of aromatic carboxylic acids is 1. The molecule has 13 heavy (non-hydrogen) atoms. The Labute approximate surface area is 81.6 Å². The van der Waals surface area contributed by atoms with Crippen molar-refractivity contribution in [2.75, 3.05) is 0 Å². The van der Waals surface area contributed by atoms with Gasteiger partial charge >= 0.3 is 5.97 Å². The second-order valence-electron chi connectivity index (χ2n) is 3.03. The maximum absolute atomic E-state index is 10.7. The summed E-state index contributed by atoms with van der Waals surface area (Å²) in [6.07, 6.45) is 1.79. The average Bonchev–Trinajstić information content (AvgIpc) is 2.03. The summed E-state index contributed by atoms with van der Waals surface area (Å²) in [7, 11) is 0. The normalized spacial score (nSPS) is 10.4. The van der Waals surface area contributed by atoms with Gasteiger partial charge in [-0.3, -0.25) is 0 Å². The van der Waals surface area contributed by atoms with Crippen molar-refractivity contribution in [2.45, 2.75) is 19.9 Å². The number of carboxylic acid groups (broad SMARTS) is 1. The molecule has 3 nitrogen and oxygen atoms in total. The van der Waals surface area contributed by atoms with E-state index in [-0.39, 0.29) is 11.6 Å². The number of carbonyl (C=O) groups is 1. The molecule has 0 aromatic carbocycles. The van der Waals surface area contributed by atoms with Crippen molar-refractivity contribution in [2.24, 2.45) is 0 Å². The van der Waals surface area contributed by atoms with Crippen LogP contribution in [0, 0.1) is 4.64 Å². The first-order chi connectivity index (χ1) is 6.04. The maximum atomic E-state index is 10.7. The van der Waals surface area contributed by atoms with Gasteiger partial charge in [-0.05, 0) is 26.0 Å². The smallest absolute Gasteiger partial charge is 0.338 e. The van der Waals surface area contributed by atoms with Gasteiger partial charge in [0.2, 0.25) is 0 Å². The lowest BCUT2D eigenvalue weighted by atomic mass is 10.2. The highest BCUT2D eigenvalue weighted by Gasteiger charge is 2.07. The molecular weight excluding hydrogens is 186 g/mol. The lowest BCUT2D eigenvalue weighted by molar-refractivity contribution is 0.0695. The molecule has 0 amide bonds. The molecule has 0 radical (unpaired) electrons. The molecule has 0 fully saturated rings. The van der Waals surface area contributed by atoms with Crippen molar-refractivity contribution >= 4 is 18.2 Å². The number of pyridine rings is 1.